The molecule has 2 aromatic rings. The highest BCUT2D eigenvalue weighted by Crippen LogP contribution is 2.24. The molecule has 7 heteroatoms. The molecule has 150 valence electrons. The third-order valence-electron chi connectivity index (χ3n) is 5.91. The number of likely N-dealkylation sites (N-methyl/N-ethyl adjacent to an activating group) is 1. The molecule has 1 amide bonds. The van der Waals surface area contributed by atoms with Crippen LogP contribution in [0.25, 0.3) is 0 Å². The number of nitrogens with zero attached hydrogens (tertiary/aromatic N) is 5. The van der Waals surface area contributed by atoms with Crippen LogP contribution >= 0.6 is 0 Å². The molecular formula is C21H30N6O. The lowest BCUT2D eigenvalue weighted by molar-refractivity contribution is 0.0662. The standard InChI is InChI=1S/C21H30N6O/c1-16-3-4-18(23-12-16)14-22-13-17-5-6-27-20(11-17)19(15-24-27)21(28)26-9-7-25(2)8-10-26/h3-4,12,15,17,22H,5-11,13-14H2,1-2H3/t17-/m1/s1. The average molecular weight is 383 g/mol. The van der Waals surface area contributed by atoms with Gasteiger partial charge >= 0.3 is 0 Å². The zero-order valence-corrected chi connectivity index (χ0v) is 16.9. The maximum Gasteiger partial charge on any atom is 0.257 e. The van der Waals surface area contributed by atoms with Crippen molar-refractivity contribution in [2.45, 2.75) is 32.9 Å². The smallest absolute Gasteiger partial charge is 0.257 e. The van der Waals surface area contributed by atoms with Gasteiger partial charge in [0, 0.05) is 45.5 Å². The highest BCUT2D eigenvalue weighted by molar-refractivity contribution is 5.95. The summed E-state index contributed by atoms with van der Waals surface area (Å²) in [4.78, 5) is 21.7. The van der Waals surface area contributed by atoms with E-state index in [2.05, 4.69) is 46.4 Å². The zero-order chi connectivity index (χ0) is 19.5. The summed E-state index contributed by atoms with van der Waals surface area (Å²) in [5.74, 6) is 0.667. The first kappa shape index (κ1) is 19.1. The minimum Gasteiger partial charge on any atom is -0.336 e. The lowest BCUT2D eigenvalue weighted by Gasteiger charge is -2.32. The third-order valence-corrected chi connectivity index (χ3v) is 5.91. The minimum absolute atomic E-state index is 0.145. The Morgan fingerprint density at radius 3 is 2.75 bits per heavy atom. The van der Waals surface area contributed by atoms with E-state index in [4.69, 9.17) is 0 Å². The van der Waals surface area contributed by atoms with Crippen LogP contribution in [-0.4, -0.2) is 70.2 Å². The molecule has 0 unspecified atom stereocenters. The first-order valence-corrected chi connectivity index (χ1v) is 10.2. The lowest BCUT2D eigenvalue weighted by Crippen LogP contribution is -2.47. The van der Waals surface area contributed by atoms with Crippen LogP contribution in [0.3, 0.4) is 0 Å². The summed E-state index contributed by atoms with van der Waals surface area (Å²) in [6, 6.07) is 4.17. The van der Waals surface area contributed by atoms with Gasteiger partial charge in [-0.3, -0.25) is 14.5 Å². The number of rotatable bonds is 5. The average Bonchev–Trinajstić information content (AvgIpc) is 3.13. The fourth-order valence-corrected chi connectivity index (χ4v) is 4.04. The van der Waals surface area contributed by atoms with E-state index in [9.17, 15) is 4.79 Å². The largest absolute Gasteiger partial charge is 0.336 e. The summed E-state index contributed by atoms with van der Waals surface area (Å²) in [7, 11) is 2.10. The van der Waals surface area contributed by atoms with Crippen LogP contribution in [-0.2, 0) is 19.5 Å². The fourth-order valence-electron chi connectivity index (χ4n) is 4.04. The maximum absolute atomic E-state index is 13.0. The quantitative estimate of drug-likeness (QED) is 0.845. The van der Waals surface area contributed by atoms with Crippen molar-refractivity contribution in [1.29, 1.82) is 0 Å². The molecule has 2 aromatic heterocycles. The molecule has 1 fully saturated rings. The fraction of sp³-hybridized carbons (Fsp3) is 0.571. The van der Waals surface area contributed by atoms with Gasteiger partial charge in [0.1, 0.15) is 0 Å². The van der Waals surface area contributed by atoms with Gasteiger partial charge in [-0.25, -0.2) is 0 Å². The van der Waals surface area contributed by atoms with E-state index < -0.39 is 0 Å². The summed E-state index contributed by atoms with van der Waals surface area (Å²) in [5, 5.41) is 8.02. The number of fused-ring (bicyclic) bond motifs is 1. The van der Waals surface area contributed by atoms with Crippen molar-refractivity contribution in [2.24, 2.45) is 5.92 Å². The van der Waals surface area contributed by atoms with Crippen LogP contribution in [0, 0.1) is 12.8 Å². The Morgan fingerprint density at radius 1 is 1.18 bits per heavy atom. The van der Waals surface area contributed by atoms with Gasteiger partial charge in [-0.15, -0.1) is 0 Å². The number of aryl methyl sites for hydroxylation is 2. The molecule has 0 aromatic carbocycles. The van der Waals surface area contributed by atoms with Gasteiger partial charge in [0.05, 0.1) is 23.1 Å². The van der Waals surface area contributed by atoms with Crippen LogP contribution in [0.4, 0.5) is 0 Å². The van der Waals surface area contributed by atoms with E-state index >= 15 is 0 Å². The highest BCUT2D eigenvalue weighted by Gasteiger charge is 2.28. The van der Waals surface area contributed by atoms with Crippen molar-refractivity contribution in [1.82, 2.24) is 29.9 Å². The zero-order valence-electron chi connectivity index (χ0n) is 16.9. The van der Waals surface area contributed by atoms with E-state index in [0.717, 1.165) is 75.6 Å². The van der Waals surface area contributed by atoms with Crippen LogP contribution < -0.4 is 5.32 Å². The van der Waals surface area contributed by atoms with Gasteiger partial charge in [0.2, 0.25) is 0 Å². The molecule has 7 nitrogen and oxygen atoms in total. The number of piperazine rings is 1. The summed E-state index contributed by atoms with van der Waals surface area (Å²) in [6.07, 6.45) is 5.68. The Morgan fingerprint density at radius 2 is 2.00 bits per heavy atom. The number of carbonyl (C=O) groups excluding carboxylic acids is 1. The van der Waals surface area contributed by atoms with Crippen LogP contribution in [0.2, 0.25) is 0 Å². The van der Waals surface area contributed by atoms with Crippen LogP contribution in [0.5, 0.6) is 0 Å². The third kappa shape index (κ3) is 4.25. The number of hydrogen-bond acceptors (Lipinski definition) is 5. The summed E-state index contributed by atoms with van der Waals surface area (Å²) in [6.45, 7) is 8.13. The Bertz CT molecular complexity index is 807. The predicted molar refractivity (Wildman–Crippen MR) is 108 cm³/mol. The molecule has 1 N–H and O–H groups in total. The van der Waals surface area contributed by atoms with Gasteiger partial charge in [0.25, 0.3) is 5.91 Å². The second-order valence-corrected chi connectivity index (χ2v) is 8.14. The van der Waals surface area contributed by atoms with Crippen molar-refractivity contribution >= 4 is 5.91 Å². The number of aromatic nitrogens is 3. The van der Waals surface area contributed by atoms with Crippen molar-refractivity contribution < 1.29 is 4.79 Å². The van der Waals surface area contributed by atoms with E-state index in [-0.39, 0.29) is 5.91 Å². The van der Waals surface area contributed by atoms with Crippen molar-refractivity contribution in [2.75, 3.05) is 39.8 Å². The molecule has 28 heavy (non-hydrogen) atoms. The van der Waals surface area contributed by atoms with E-state index in [1.54, 1.807) is 6.20 Å². The van der Waals surface area contributed by atoms with Crippen molar-refractivity contribution in [3.63, 3.8) is 0 Å². The molecule has 0 bridgehead atoms. The number of pyridine rings is 1. The molecule has 1 saturated heterocycles. The Kier molecular flexibility index (Phi) is 5.73. The number of nitrogens with one attached hydrogen (secondary N) is 1. The second-order valence-electron chi connectivity index (χ2n) is 8.14. The van der Waals surface area contributed by atoms with E-state index in [1.165, 1.54) is 5.56 Å². The van der Waals surface area contributed by atoms with Gasteiger partial charge in [-0.1, -0.05) is 6.07 Å². The van der Waals surface area contributed by atoms with E-state index in [0.29, 0.717) is 5.92 Å². The summed E-state index contributed by atoms with van der Waals surface area (Å²) in [5.41, 5.74) is 4.16. The lowest BCUT2D eigenvalue weighted by atomic mass is 9.94. The molecule has 2 aliphatic heterocycles. The number of carbonyl (C=O) groups is 1. The Labute approximate surface area is 166 Å². The highest BCUT2D eigenvalue weighted by atomic mass is 16.2. The Hall–Kier alpha value is -2.25. The van der Waals surface area contributed by atoms with Gasteiger partial charge in [-0.05, 0) is 50.9 Å². The molecule has 1 atom stereocenters. The maximum atomic E-state index is 13.0. The molecule has 2 aliphatic rings. The predicted octanol–water partition coefficient (Wildman–Crippen LogP) is 1.33. The number of amides is 1. The molecule has 0 aliphatic carbocycles. The van der Waals surface area contributed by atoms with Crippen molar-refractivity contribution in [3.05, 3.63) is 47.0 Å². The molecule has 4 heterocycles. The summed E-state index contributed by atoms with van der Waals surface area (Å²) < 4.78 is 2.03. The number of hydrogen-bond donors (Lipinski definition) is 1. The monoisotopic (exact) mass is 382 g/mol. The van der Waals surface area contributed by atoms with Gasteiger partial charge in [0.15, 0.2) is 0 Å². The Balaban J connectivity index is 1.34. The van der Waals surface area contributed by atoms with Crippen LogP contribution in [0.1, 0.15) is 33.7 Å². The molecule has 0 radical (unpaired) electrons. The van der Waals surface area contributed by atoms with Gasteiger partial charge in [-0.2, -0.15) is 5.10 Å². The van der Waals surface area contributed by atoms with Crippen molar-refractivity contribution in [3.8, 4) is 0 Å². The topological polar surface area (TPSA) is 66.3 Å². The molecule has 0 spiro atoms. The SMILES string of the molecule is Cc1ccc(CNC[C@@H]2CCn3ncc(C(=O)N4CCN(C)CC4)c3C2)nc1. The molecule has 4 rings (SSSR count). The second kappa shape index (κ2) is 8.41. The minimum atomic E-state index is 0.145. The summed E-state index contributed by atoms with van der Waals surface area (Å²) >= 11 is 0. The molecule has 0 saturated carbocycles. The first-order chi connectivity index (χ1) is 13.6. The van der Waals surface area contributed by atoms with E-state index in [1.807, 2.05) is 15.8 Å². The normalized spacial score (nSPS) is 20.2. The first-order valence-electron chi connectivity index (χ1n) is 10.2. The van der Waals surface area contributed by atoms with Gasteiger partial charge < -0.3 is 15.1 Å². The molecular weight excluding hydrogens is 352 g/mol. The van der Waals surface area contributed by atoms with Crippen LogP contribution in [0.15, 0.2) is 24.5 Å².